The molecule has 1 heterocycles. The second kappa shape index (κ2) is 7.17. The number of hydrogen-bond donors (Lipinski definition) is 2. The molecular formula is C15H18FNO4. The number of amides is 1. The Labute approximate surface area is 122 Å². The molecule has 1 saturated heterocycles. The fourth-order valence-corrected chi connectivity index (χ4v) is 2.36. The van der Waals surface area contributed by atoms with Crippen LogP contribution in [0.25, 0.3) is 0 Å². The number of carboxylic acid groups (broad SMARTS) is 1. The summed E-state index contributed by atoms with van der Waals surface area (Å²) in [5.41, 5.74) is 0.573. The van der Waals surface area contributed by atoms with Crippen LogP contribution < -0.4 is 5.32 Å². The monoisotopic (exact) mass is 295 g/mol. The molecule has 0 saturated carbocycles. The second-order valence-corrected chi connectivity index (χ2v) is 5.12. The van der Waals surface area contributed by atoms with E-state index in [1.807, 2.05) is 0 Å². The molecule has 2 atom stereocenters. The number of nitrogens with one attached hydrogen (secondary N) is 1. The number of halogens is 1. The third kappa shape index (κ3) is 4.53. The Balaban J connectivity index is 2.06. The van der Waals surface area contributed by atoms with Crippen molar-refractivity contribution >= 4 is 11.9 Å². The Bertz CT molecular complexity index is 497. The van der Waals surface area contributed by atoms with Gasteiger partial charge in [0.05, 0.1) is 25.0 Å². The zero-order valence-corrected chi connectivity index (χ0v) is 11.5. The molecule has 1 aromatic rings. The molecular weight excluding hydrogens is 277 g/mol. The third-order valence-corrected chi connectivity index (χ3v) is 3.50. The number of ether oxygens (including phenoxy) is 1. The SMILES string of the molecule is O=C(O)CC(NC(=O)C1CCCOC1)c1ccc(F)cc1. The van der Waals surface area contributed by atoms with E-state index in [1.54, 1.807) is 0 Å². The quantitative estimate of drug-likeness (QED) is 0.869. The molecule has 1 aliphatic heterocycles. The molecule has 21 heavy (non-hydrogen) atoms. The van der Waals surface area contributed by atoms with Gasteiger partial charge in [0, 0.05) is 6.61 Å². The van der Waals surface area contributed by atoms with Gasteiger partial charge in [-0.3, -0.25) is 9.59 Å². The summed E-state index contributed by atoms with van der Waals surface area (Å²) < 4.78 is 18.2. The molecule has 1 amide bonds. The molecule has 0 aromatic heterocycles. The summed E-state index contributed by atoms with van der Waals surface area (Å²) in [6.45, 7) is 1.01. The number of rotatable bonds is 5. The van der Waals surface area contributed by atoms with E-state index in [2.05, 4.69) is 5.32 Å². The van der Waals surface area contributed by atoms with E-state index < -0.39 is 17.8 Å². The zero-order chi connectivity index (χ0) is 15.2. The van der Waals surface area contributed by atoms with E-state index >= 15 is 0 Å². The predicted octanol–water partition coefficient (Wildman–Crippen LogP) is 1.88. The van der Waals surface area contributed by atoms with Crippen molar-refractivity contribution in [2.45, 2.75) is 25.3 Å². The van der Waals surface area contributed by atoms with Crippen LogP contribution in [0.4, 0.5) is 4.39 Å². The highest BCUT2D eigenvalue weighted by Gasteiger charge is 2.25. The van der Waals surface area contributed by atoms with Crippen molar-refractivity contribution in [3.05, 3.63) is 35.6 Å². The molecule has 114 valence electrons. The highest BCUT2D eigenvalue weighted by molar-refractivity contribution is 5.80. The second-order valence-electron chi connectivity index (χ2n) is 5.12. The van der Waals surface area contributed by atoms with E-state index in [0.717, 1.165) is 12.8 Å². The average molecular weight is 295 g/mol. The van der Waals surface area contributed by atoms with E-state index in [0.29, 0.717) is 18.8 Å². The molecule has 0 bridgehead atoms. The van der Waals surface area contributed by atoms with E-state index in [9.17, 15) is 14.0 Å². The Morgan fingerprint density at radius 1 is 1.38 bits per heavy atom. The topological polar surface area (TPSA) is 75.6 Å². The first-order chi connectivity index (χ1) is 10.1. The van der Waals surface area contributed by atoms with Gasteiger partial charge in [-0.1, -0.05) is 12.1 Å². The number of hydrogen-bond acceptors (Lipinski definition) is 3. The lowest BCUT2D eigenvalue weighted by Crippen LogP contribution is -2.38. The lowest BCUT2D eigenvalue weighted by molar-refractivity contribution is -0.138. The summed E-state index contributed by atoms with van der Waals surface area (Å²) in [6, 6.07) is 4.80. The predicted molar refractivity (Wildman–Crippen MR) is 73.1 cm³/mol. The first-order valence-electron chi connectivity index (χ1n) is 6.91. The first-order valence-corrected chi connectivity index (χ1v) is 6.91. The summed E-state index contributed by atoms with van der Waals surface area (Å²) in [5, 5.41) is 11.7. The van der Waals surface area contributed by atoms with Gasteiger partial charge in [-0.05, 0) is 30.5 Å². The van der Waals surface area contributed by atoms with Crippen LogP contribution in [0.3, 0.4) is 0 Å². The maximum absolute atomic E-state index is 12.9. The van der Waals surface area contributed by atoms with Crippen LogP contribution in [-0.4, -0.2) is 30.2 Å². The fourth-order valence-electron chi connectivity index (χ4n) is 2.36. The van der Waals surface area contributed by atoms with Crippen LogP contribution >= 0.6 is 0 Å². The smallest absolute Gasteiger partial charge is 0.305 e. The Morgan fingerprint density at radius 2 is 2.10 bits per heavy atom. The average Bonchev–Trinajstić information content (AvgIpc) is 2.48. The Morgan fingerprint density at radius 3 is 2.67 bits per heavy atom. The van der Waals surface area contributed by atoms with Crippen LogP contribution in [0.1, 0.15) is 30.9 Å². The maximum atomic E-state index is 12.9. The van der Waals surface area contributed by atoms with Crippen LogP contribution in [0.2, 0.25) is 0 Å². The Kier molecular flexibility index (Phi) is 5.27. The minimum absolute atomic E-state index is 0.217. The third-order valence-electron chi connectivity index (χ3n) is 3.50. The van der Waals surface area contributed by atoms with Crippen LogP contribution in [0.15, 0.2) is 24.3 Å². The summed E-state index contributed by atoms with van der Waals surface area (Å²) in [4.78, 5) is 23.1. The summed E-state index contributed by atoms with van der Waals surface area (Å²) >= 11 is 0. The van der Waals surface area contributed by atoms with Gasteiger partial charge >= 0.3 is 5.97 Å². The van der Waals surface area contributed by atoms with Gasteiger partial charge in [-0.15, -0.1) is 0 Å². The maximum Gasteiger partial charge on any atom is 0.305 e. The van der Waals surface area contributed by atoms with Crippen LogP contribution in [-0.2, 0) is 14.3 Å². The lowest BCUT2D eigenvalue weighted by atomic mass is 9.98. The van der Waals surface area contributed by atoms with Gasteiger partial charge in [0.1, 0.15) is 5.82 Å². The largest absolute Gasteiger partial charge is 0.481 e. The highest BCUT2D eigenvalue weighted by atomic mass is 19.1. The minimum atomic E-state index is -1.02. The molecule has 5 nitrogen and oxygen atoms in total. The van der Waals surface area contributed by atoms with Crippen molar-refractivity contribution in [1.82, 2.24) is 5.32 Å². The van der Waals surface area contributed by atoms with Gasteiger partial charge in [0.2, 0.25) is 5.91 Å². The molecule has 2 unspecified atom stereocenters. The van der Waals surface area contributed by atoms with Crippen molar-refractivity contribution in [3.8, 4) is 0 Å². The van der Waals surface area contributed by atoms with Crippen molar-refractivity contribution in [3.63, 3.8) is 0 Å². The summed E-state index contributed by atoms with van der Waals surface area (Å²) in [7, 11) is 0. The first kappa shape index (κ1) is 15.4. The van der Waals surface area contributed by atoms with Gasteiger partial charge in [-0.2, -0.15) is 0 Å². The zero-order valence-electron chi connectivity index (χ0n) is 11.5. The van der Waals surface area contributed by atoms with Gasteiger partial charge in [-0.25, -0.2) is 4.39 Å². The number of carboxylic acids is 1. The molecule has 0 spiro atoms. The molecule has 2 rings (SSSR count). The van der Waals surface area contributed by atoms with Crippen molar-refractivity contribution < 1.29 is 23.8 Å². The molecule has 1 aliphatic rings. The Hall–Kier alpha value is -1.95. The van der Waals surface area contributed by atoms with Crippen molar-refractivity contribution in [2.24, 2.45) is 5.92 Å². The number of aliphatic carboxylic acids is 1. The van der Waals surface area contributed by atoms with Crippen LogP contribution in [0.5, 0.6) is 0 Å². The number of carbonyl (C=O) groups is 2. The summed E-state index contributed by atoms with van der Waals surface area (Å²) in [5.74, 6) is -1.90. The van der Waals surface area contributed by atoms with Crippen molar-refractivity contribution in [2.75, 3.05) is 13.2 Å². The normalized spacial score (nSPS) is 19.8. The molecule has 1 fully saturated rings. The van der Waals surface area contributed by atoms with Gasteiger partial charge in [0.15, 0.2) is 0 Å². The molecule has 0 radical (unpaired) electrons. The number of carbonyl (C=O) groups excluding carboxylic acids is 1. The van der Waals surface area contributed by atoms with E-state index in [4.69, 9.17) is 9.84 Å². The number of benzene rings is 1. The van der Waals surface area contributed by atoms with E-state index in [-0.39, 0.29) is 18.2 Å². The van der Waals surface area contributed by atoms with E-state index in [1.165, 1.54) is 24.3 Å². The fraction of sp³-hybridized carbons (Fsp3) is 0.467. The highest BCUT2D eigenvalue weighted by Crippen LogP contribution is 2.20. The lowest BCUT2D eigenvalue weighted by Gasteiger charge is -2.24. The van der Waals surface area contributed by atoms with Crippen LogP contribution in [0, 0.1) is 11.7 Å². The minimum Gasteiger partial charge on any atom is -0.481 e. The van der Waals surface area contributed by atoms with Gasteiger partial charge < -0.3 is 15.2 Å². The molecule has 6 heteroatoms. The van der Waals surface area contributed by atoms with Gasteiger partial charge in [0.25, 0.3) is 0 Å². The van der Waals surface area contributed by atoms with Crippen molar-refractivity contribution in [1.29, 1.82) is 0 Å². The standard InChI is InChI=1S/C15H18FNO4/c16-12-5-3-10(4-6-12)13(8-14(18)19)17-15(20)11-2-1-7-21-9-11/h3-6,11,13H,1-2,7-9H2,(H,17,20)(H,18,19). The summed E-state index contributed by atoms with van der Waals surface area (Å²) in [6.07, 6.45) is 1.30. The molecule has 2 N–H and O–H groups in total. The molecule has 0 aliphatic carbocycles. The molecule has 1 aromatic carbocycles.